The lowest BCUT2D eigenvalue weighted by atomic mass is 9.94. The third-order valence-corrected chi connectivity index (χ3v) is 7.30. The molecule has 9 heteroatoms. The van der Waals surface area contributed by atoms with E-state index in [1.165, 1.54) is 18.2 Å². The van der Waals surface area contributed by atoms with Crippen molar-refractivity contribution < 1.29 is 24.2 Å². The molecule has 1 aliphatic heterocycles. The summed E-state index contributed by atoms with van der Waals surface area (Å²) in [5.74, 6) is -0.628. The first kappa shape index (κ1) is 27.9. The maximum Gasteiger partial charge on any atom is 0.295 e. The smallest absolute Gasteiger partial charge is 0.295 e. The standard InChI is InChI=1S/C30H36N4O5/c1-6-32(7-2)16-11-17-33-27(23-18-22(38-4)14-15-25(23)39-5)26(29(36)30(33)37)28(35)24-19-31-34(20(24)3)21-12-9-8-10-13-21/h8-10,12-15,18-19,27,35H,6-7,11,16-17H2,1-5H3/b28-26+. The van der Waals surface area contributed by atoms with Gasteiger partial charge in [-0.2, -0.15) is 5.10 Å². The average molecular weight is 533 g/mol. The monoisotopic (exact) mass is 532 g/mol. The van der Waals surface area contributed by atoms with E-state index in [-0.39, 0.29) is 11.3 Å². The molecule has 1 amide bonds. The molecule has 1 saturated heterocycles. The molecular weight excluding hydrogens is 496 g/mol. The van der Waals surface area contributed by atoms with Crippen molar-refractivity contribution in [2.75, 3.05) is 40.4 Å². The summed E-state index contributed by atoms with van der Waals surface area (Å²) in [6.45, 7) is 8.91. The number of amides is 1. The number of nitrogens with zero attached hydrogens (tertiary/aromatic N) is 4. The van der Waals surface area contributed by atoms with Gasteiger partial charge in [0.15, 0.2) is 0 Å². The van der Waals surface area contributed by atoms with Crippen LogP contribution in [0.4, 0.5) is 0 Å². The summed E-state index contributed by atoms with van der Waals surface area (Å²) in [5.41, 5.74) is 2.41. The predicted octanol–water partition coefficient (Wildman–Crippen LogP) is 4.35. The number of ketones is 1. The lowest BCUT2D eigenvalue weighted by Crippen LogP contribution is -2.33. The van der Waals surface area contributed by atoms with Crippen LogP contribution in [-0.2, 0) is 9.59 Å². The van der Waals surface area contributed by atoms with Gasteiger partial charge in [0.2, 0.25) is 0 Å². The molecule has 206 valence electrons. The van der Waals surface area contributed by atoms with Gasteiger partial charge in [0, 0.05) is 12.1 Å². The van der Waals surface area contributed by atoms with Crippen molar-refractivity contribution in [3.63, 3.8) is 0 Å². The van der Waals surface area contributed by atoms with Crippen LogP contribution in [0.15, 0.2) is 60.3 Å². The fourth-order valence-corrected chi connectivity index (χ4v) is 5.11. The van der Waals surface area contributed by atoms with Gasteiger partial charge in [0.1, 0.15) is 17.3 Å². The number of ether oxygens (including phenoxy) is 2. The zero-order valence-electron chi connectivity index (χ0n) is 23.2. The van der Waals surface area contributed by atoms with Crippen LogP contribution in [-0.4, -0.2) is 76.8 Å². The van der Waals surface area contributed by atoms with E-state index in [2.05, 4.69) is 23.8 Å². The molecule has 3 aromatic rings. The molecule has 1 aliphatic rings. The second-order valence-electron chi connectivity index (χ2n) is 9.37. The Balaban J connectivity index is 1.84. The summed E-state index contributed by atoms with van der Waals surface area (Å²) in [4.78, 5) is 30.8. The Labute approximate surface area is 229 Å². The molecule has 1 N–H and O–H groups in total. The van der Waals surface area contributed by atoms with Crippen LogP contribution in [0.25, 0.3) is 11.4 Å². The van der Waals surface area contributed by atoms with Crippen LogP contribution in [0, 0.1) is 6.92 Å². The molecule has 9 nitrogen and oxygen atoms in total. The van der Waals surface area contributed by atoms with Crippen molar-refractivity contribution in [1.29, 1.82) is 0 Å². The molecule has 0 radical (unpaired) electrons. The molecule has 4 rings (SSSR count). The van der Waals surface area contributed by atoms with Crippen LogP contribution >= 0.6 is 0 Å². The van der Waals surface area contributed by atoms with Gasteiger partial charge in [-0.15, -0.1) is 0 Å². The van der Waals surface area contributed by atoms with E-state index in [4.69, 9.17) is 9.47 Å². The third-order valence-electron chi connectivity index (χ3n) is 7.30. The SMILES string of the molecule is CCN(CC)CCCN1C(=O)C(=O)/C(=C(/O)c2cnn(-c3ccccc3)c2C)C1c1cc(OC)ccc1OC. The Morgan fingerprint density at radius 2 is 1.77 bits per heavy atom. The summed E-state index contributed by atoms with van der Waals surface area (Å²) < 4.78 is 12.8. The zero-order chi connectivity index (χ0) is 28.1. The number of para-hydroxylation sites is 1. The summed E-state index contributed by atoms with van der Waals surface area (Å²) in [7, 11) is 3.08. The summed E-state index contributed by atoms with van der Waals surface area (Å²) in [5, 5.41) is 16.1. The number of hydrogen-bond acceptors (Lipinski definition) is 7. The molecule has 0 saturated carbocycles. The van der Waals surface area contributed by atoms with Crippen LogP contribution in [0.1, 0.15) is 43.1 Å². The fourth-order valence-electron chi connectivity index (χ4n) is 5.11. The number of Topliss-reactive ketones (excluding diaryl/α,β-unsaturated/α-hetero) is 1. The maximum absolute atomic E-state index is 13.5. The van der Waals surface area contributed by atoms with Crippen molar-refractivity contribution in [2.24, 2.45) is 0 Å². The van der Waals surface area contributed by atoms with Crippen molar-refractivity contribution in [3.8, 4) is 17.2 Å². The number of aliphatic hydroxyl groups is 1. The number of carbonyl (C=O) groups is 2. The second kappa shape index (κ2) is 12.2. The average Bonchev–Trinajstić information content (AvgIpc) is 3.47. The second-order valence-corrected chi connectivity index (χ2v) is 9.37. The lowest BCUT2D eigenvalue weighted by Gasteiger charge is -2.28. The lowest BCUT2D eigenvalue weighted by molar-refractivity contribution is -0.140. The predicted molar refractivity (Wildman–Crippen MR) is 149 cm³/mol. The number of rotatable bonds is 11. The summed E-state index contributed by atoms with van der Waals surface area (Å²) in [6, 6.07) is 13.9. The highest BCUT2D eigenvalue weighted by Crippen LogP contribution is 2.44. The highest BCUT2D eigenvalue weighted by atomic mass is 16.5. The van der Waals surface area contributed by atoms with Crippen molar-refractivity contribution >= 4 is 17.4 Å². The minimum Gasteiger partial charge on any atom is -0.507 e. The van der Waals surface area contributed by atoms with E-state index in [0.29, 0.717) is 41.3 Å². The van der Waals surface area contributed by atoms with Crippen LogP contribution in [0.3, 0.4) is 0 Å². The first-order chi connectivity index (χ1) is 18.9. The molecule has 2 aromatic carbocycles. The van der Waals surface area contributed by atoms with E-state index >= 15 is 0 Å². The fraction of sp³-hybridized carbons (Fsp3) is 0.367. The number of hydrogen-bond donors (Lipinski definition) is 1. The first-order valence-corrected chi connectivity index (χ1v) is 13.2. The van der Waals surface area contributed by atoms with Gasteiger partial charge >= 0.3 is 0 Å². The van der Waals surface area contributed by atoms with E-state index in [9.17, 15) is 14.7 Å². The normalized spacial score (nSPS) is 16.8. The van der Waals surface area contributed by atoms with Gasteiger partial charge in [0.05, 0.1) is 49.0 Å². The van der Waals surface area contributed by atoms with Gasteiger partial charge in [0.25, 0.3) is 11.7 Å². The highest BCUT2D eigenvalue weighted by molar-refractivity contribution is 6.46. The largest absolute Gasteiger partial charge is 0.507 e. The quantitative estimate of drug-likeness (QED) is 0.223. The highest BCUT2D eigenvalue weighted by Gasteiger charge is 2.47. The zero-order valence-corrected chi connectivity index (χ0v) is 23.2. The third kappa shape index (κ3) is 5.40. The van der Waals surface area contributed by atoms with Gasteiger partial charge in [-0.1, -0.05) is 32.0 Å². The van der Waals surface area contributed by atoms with Gasteiger partial charge in [-0.3, -0.25) is 9.59 Å². The van der Waals surface area contributed by atoms with Crippen LogP contribution < -0.4 is 9.47 Å². The summed E-state index contributed by atoms with van der Waals surface area (Å²) >= 11 is 0. The van der Waals surface area contributed by atoms with E-state index in [1.807, 2.05) is 37.3 Å². The van der Waals surface area contributed by atoms with Crippen molar-refractivity contribution in [3.05, 3.63) is 77.1 Å². The number of aromatic nitrogens is 2. The Hall–Kier alpha value is -4.11. The number of aliphatic hydroxyl groups excluding tert-OH is 1. The minimum absolute atomic E-state index is 0.00473. The van der Waals surface area contributed by atoms with E-state index in [1.54, 1.807) is 30.0 Å². The molecule has 1 aromatic heterocycles. The molecule has 1 unspecified atom stereocenters. The molecule has 1 atom stereocenters. The Kier molecular flexibility index (Phi) is 8.71. The minimum atomic E-state index is -0.855. The van der Waals surface area contributed by atoms with Crippen LogP contribution in [0.5, 0.6) is 11.5 Å². The molecular formula is C30H36N4O5. The molecule has 1 fully saturated rings. The first-order valence-electron chi connectivity index (χ1n) is 13.2. The van der Waals surface area contributed by atoms with Crippen LogP contribution in [0.2, 0.25) is 0 Å². The van der Waals surface area contributed by atoms with E-state index in [0.717, 1.165) is 25.3 Å². The molecule has 0 bridgehead atoms. The molecule has 39 heavy (non-hydrogen) atoms. The number of benzene rings is 2. The maximum atomic E-state index is 13.5. The Morgan fingerprint density at radius 3 is 2.41 bits per heavy atom. The number of methoxy groups -OCH3 is 2. The molecule has 2 heterocycles. The van der Waals surface area contributed by atoms with Crippen molar-refractivity contribution in [2.45, 2.75) is 33.2 Å². The van der Waals surface area contributed by atoms with Gasteiger partial charge in [-0.25, -0.2) is 4.68 Å². The Bertz CT molecular complexity index is 1360. The van der Waals surface area contributed by atoms with Gasteiger partial charge < -0.3 is 24.4 Å². The topological polar surface area (TPSA) is 97.1 Å². The van der Waals surface area contributed by atoms with Crippen molar-refractivity contribution in [1.82, 2.24) is 19.6 Å². The number of carbonyl (C=O) groups excluding carboxylic acids is 2. The molecule has 0 spiro atoms. The van der Waals surface area contributed by atoms with E-state index < -0.39 is 17.7 Å². The molecule has 0 aliphatic carbocycles. The van der Waals surface area contributed by atoms with Gasteiger partial charge in [-0.05, 0) is 63.3 Å². The summed E-state index contributed by atoms with van der Waals surface area (Å²) in [6.07, 6.45) is 2.19. The number of likely N-dealkylation sites (tertiary alicyclic amines) is 1. The Morgan fingerprint density at radius 1 is 1.05 bits per heavy atom.